The molecule has 0 spiro atoms. The molecule has 3 rings (SSSR count). The zero-order valence-corrected chi connectivity index (χ0v) is 12.4. The molecule has 1 fully saturated rings. The molecule has 102 valence electrons. The summed E-state index contributed by atoms with van der Waals surface area (Å²) in [7, 11) is 0. The van der Waals surface area contributed by atoms with Crippen molar-refractivity contribution >= 4 is 0 Å². The zero-order valence-electron chi connectivity index (χ0n) is 12.4. The summed E-state index contributed by atoms with van der Waals surface area (Å²) < 4.78 is 0. The number of likely N-dealkylation sites (tertiary alicyclic amines) is 1. The topological polar surface area (TPSA) is 3.24 Å². The lowest BCUT2D eigenvalue weighted by atomic mass is 9.59. The van der Waals surface area contributed by atoms with Gasteiger partial charge in [-0.15, -0.1) is 0 Å². The van der Waals surface area contributed by atoms with E-state index in [9.17, 15) is 0 Å². The first-order valence-corrected chi connectivity index (χ1v) is 7.49. The third kappa shape index (κ3) is 1.95. The standard InChI is InChI=1S/C18H25N/c1-13(2)12-19-10-9-18(4)14(3)17(19)11-15-7-5-6-8-16(15)18/h5-8,14,17H,1,9-12H2,2-4H3. The second kappa shape index (κ2) is 4.49. The maximum Gasteiger partial charge on any atom is 0.0190 e. The van der Waals surface area contributed by atoms with Gasteiger partial charge >= 0.3 is 0 Å². The van der Waals surface area contributed by atoms with Gasteiger partial charge in [0.05, 0.1) is 0 Å². The number of nitrogens with zero attached hydrogens (tertiary/aromatic N) is 1. The van der Waals surface area contributed by atoms with E-state index >= 15 is 0 Å². The first-order chi connectivity index (χ1) is 9.02. The summed E-state index contributed by atoms with van der Waals surface area (Å²) in [6.07, 6.45) is 2.48. The fraction of sp³-hybridized carbons (Fsp3) is 0.556. The second-order valence-electron chi connectivity index (χ2n) is 6.81. The van der Waals surface area contributed by atoms with E-state index in [1.54, 1.807) is 11.1 Å². The molecule has 1 aliphatic heterocycles. The van der Waals surface area contributed by atoms with Crippen LogP contribution in [0.4, 0.5) is 0 Å². The van der Waals surface area contributed by atoms with Crippen molar-refractivity contribution < 1.29 is 0 Å². The predicted molar refractivity (Wildman–Crippen MR) is 81.5 cm³/mol. The lowest BCUT2D eigenvalue weighted by Crippen LogP contribution is -2.58. The van der Waals surface area contributed by atoms with Gasteiger partial charge in [-0.3, -0.25) is 4.90 Å². The smallest absolute Gasteiger partial charge is 0.0190 e. The Balaban J connectivity index is 1.99. The lowest BCUT2D eigenvalue weighted by Gasteiger charge is -2.54. The first-order valence-electron chi connectivity index (χ1n) is 7.49. The monoisotopic (exact) mass is 255 g/mol. The van der Waals surface area contributed by atoms with Crippen molar-refractivity contribution in [2.24, 2.45) is 5.92 Å². The van der Waals surface area contributed by atoms with Crippen molar-refractivity contribution in [1.29, 1.82) is 0 Å². The molecule has 19 heavy (non-hydrogen) atoms. The molecule has 1 nitrogen and oxygen atoms in total. The van der Waals surface area contributed by atoms with Gasteiger partial charge in [-0.05, 0) is 48.8 Å². The van der Waals surface area contributed by atoms with Gasteiger partial charge in [-0.1, -0.05) is 50.3 Å². The molecule has 2 bridgehead atoms. The third-order valence-corrected chi connectivity index (χ3v) is 5.50. The number of piperidine rings is 1. The van der Waals surface area contributed by atoms with Gasteiger partial charge in [0.2, 0.25) is 0 Å². The minimum atomic E-state index is 0.366. The molecule has 1 aromatic rings. The molecular weight excluding hydrogens is 230 g/mol. The van der Waals surface area contributed by atoms with Crippen LogP contribution in [0.3, 0.4) is 0 Å². The lowest BCUT2D eigenvalue weighted by molar-refractivity contribution is 0.0382. The van der Waals surface area contributed by atoms with Crippen molar-refractivity contribution in [1.82, 2.24) is 4.90 Å². The number of rotatable bonds is 2. The van der Waals surface area contributed by atoms with Crippen LogP contribution in [0.15, 0.2) is 36.4 Å². The Morgan fingerprint density at radius 2 is 2.16 bits per heavy atom. The first kappa shape index (κ1) is 12.9. The van der Waals surface area contributed by atoms with Crippen LogP contribution in [0.1, 0.15) is 38.3 Å². The molecule has 3 atom stereocenters. The Morgan fingerprint density at radius 3 is 2.89 bits per heavy atom. The third-order valence-electron chi connectivity index (χ3n) is 5.50. The highest BCUT2D eigenvalue weighted by Crippen LogP contribution is 2.48. The van der Waals surface area contributed by atoms with Crippen LogP contribution in [0, 0.1) is 5.92 Å². The van der Waals surface area contributed by atoms with Gasteiger partial charge in [0.15, 0.2) is 0 Å². The zero-order chi connectivity index (χ0) is 13.6. The van der Waals surface area contributed by atoms with E-state index in [1.807, 2.05) is 0 Å². The summed E-state index contributed by atoms with van der Waals surface area (Å²) in [6.45, 7) is 13.4. The van der Waals surface area contributed by atoms with E-state index in [1.165, 1.54) is 25.0 Å². The SMILES string of the molecule is C=C(C)CN1CCC2(C)c3ccccc3CC1C2C. The second-order valence-corrected chi connectivity index (χ2v) is 6.81. The van der Waals surface area contributed by atoms with Crippen LogP contribution < -0.4 is 0 Å². The molecule has 0 saturated carbocycles. The Bertz CT molecular complexity index is 504. The van der Waals surface area contributed by atoms with Crippen LogP contribution >= 0.6 is 0 Å². The van der Waals surface area contributed by atoms with Crippen molar-refractivity contribution in [3.63, 3.8) is 0 Å². The van der Waals surface area contributed by atoms with E-state index in [0.29, 0.717) is 11.5 Å². The molecule has 0 amide bonds. The molecule has 1 saturated heterocycles. The average molecular weight is 255 g/mol. The molecule has 3 unspecified atom stereocenters. The van der Waals surface area contributed by atoms with Crippen molar-refractivity contribution in [3.05, 3.63) is 47.5 Å². The molecule has 1 aliphatic carbocycles. The van der Waals surface area contributed by atoms with Crippen molar-refractivity contribution in [3.8, 4) is 0 Å². The maximum absolute atomic E-state index is 4.10. The largest absolute Gasteiger partial charge is 0.296 e. The highest BCUT2D eigenvalue weighted by atomic mass is 15.2. The van der Waals surface area contributed by atoms with Gasteiger partial charge in [-0.25, -0.2) is 0 Å². The highest BCUT2D eigenvalue weighted by Gasteiger charge is 2.47. The van der Waals surface area contributed by atoms with Gasteiger partial charge in [0.1, 0.15) is 0 Å². The van der Waals surface area contributed by atoms with Crippen LogP contribution in [0.25, 0.3) is 0 Å². The van der Waals surface area contributed by atoms with Gasteiger partial charge in [0, 0.05) is 12.6 Å². The normalized spacial score (nSPS) is 33.8. The van der Waals surface area contributed by atoms with E-state index in [2.05, 4.69) is 56.5 Å². The average Bonchev–Trinajstić information content (AvgIpc) is 2.37. The van der Waals surface area contributed by atoms with Gasteiger partial charge in [-0.2, -0.15) is 0 Å². The summed E-state index contributed by atoms with van der Waals surface area (Å²) in [6, 6.07) is 9.77. The Kier molecular flexibility index (Phi) is 3.05. The molecular formula is C18H25N. The fourth-order valence-electron chi connectivity index (χ4n) is 4.22. The summed E-state index contributed by atoms with van der Waals surface area (Å²) >= 11 is 0. The van der Waals surface area contributed by atoms with Crippen LogP contribution in [0.5, 0.6) is 0 Å². The molecule has 2 aliphatic rings. The number of hydrogen-bond acceptors (Lipinski definition) is 1. The van der Waals surface area contributed by atoms with E-state index in [-0.39, 0.29) is 0 Å². The minimum Gasteiger partial charge on any atom is -0.296 e. The van der Waals surface area contributed by atoms with Crippen molar-refractivity contribution in [2.45, 2.75) is 45.1 Å². The number of hydrogen-bond donors (Lipinski definition) is 0. The predicted octanol–water partition coefficient (Wildman–Crippen LogP) is 3.79. The van der Waals surface area contributed by atoms with Crippen LogP contribution in [-0.2, 0) is 11.8 Å². The Morgan fingerprint density at radius 1 is 1.42 bits per heavy atom. The van der Waals surface area contributed by atoms with E-state index in [4.69, 9.17) is 0 Å². The summed E-state index contributed by atoms with van der Waals surface area (Å²) in [5, 5.41) is 0. The van der Waals surface area contributed by atoms with Gasteiger partial charge < -0.3 is 0 Å². The summed E-state index contributed by atoms with van der Waals surface area (Å²) in [5.74, 6) is 0.732. The van der Waals surface area contributed by atoms with Crippen LogP contribution in [0.2, 0.25) is 0 Å². The maximum atomic E-state index is 4.10. The van der Waals surface area contributed by atoms with Crippen molar-refractivity contribution in [2.75, 3.05) is 13.1 Å². The summed E-state index contributed by atoms with van der Waals surface area (Å²) in [5.41, 5.74) is 4.83. The number of benzene rings is 1. The van der Waals surface area contributed by atoms with E-state index in [0.717, 1.165) is 12.5 Å². The fourth-order valence-corrected chi connectivity index (χ4v) is 4.22. The minimum absolute atomic E-state index is 0.366. The molecule has 0 aromatic heterocycles. The Hall–Kier alpha value is -1.08. The summed E-state index contributed by atoms with van der Waals surface area (Å²) in [4.78, 5) is 2.66. The molecule has 1 aromatic carbocycles. The quantitative estimate of drug-likeness (QED) is 0.727. The molecule has 1 heteroatoms. The van der Waals surface area contributed by atoms with E-state index < -0.39 is 0 Å². The molecule has 0 radical (unpaired) electrons. The highest BCUT2D eigenvalue weighted by molar-refractivity contribution is 5.39. The number of fused-ring (bicyclic) bond motifs is 4. The molecule has 0 N–H and O–H groups in total. The molecule has 1 heterocycles. The van der Waals surface area contributed by atoms with Crippen LogP contribution in [-0.4, -0.2) is 24.0 Å². The van der Waals surface area contributed by atoms with Gasteiger partial charge in [0.25, 0.3) is 0 Å². The Labute approximate surface area is 117 Å².